The van der Waals surface area contributed by atoms with Crippen LogP contribution >= 0.6 is 12.2 Å². The summed E-state index contributed by atoms with van der Waals surface area (Å²) in [6.07, 6.45) is 5.83. The second kappa shape index (κ2) is 5.83. The molecule has 96 valence electrons. The van der Waals surface area contributed by atoms with Gasteiger partial charge in [-0.25, -0.2) is 0 Å². The fourth-order valence-electron chi connectivity index (χ4n) is 2.70. The number of imidazole rings is 1. The van der Waals surface area contributed by atoms with Gasteiger partial charge in [-0.05, 0) is 50.5 Å². The van der Waals surface area contributed by atoms with Crippen molar-refractivity contribution in [2.45, 2.75) is 39.7 Å². The molecule has 2 heterocycles. The van der Waals surface area contributed by atoms with Gasteiger partial charge in [-0.15, -0.1) is 0 Å². The molecule has 0 spiro atoms. The fraction of sp³-hybridized carbons (Fsp3) is 0.769. The molecule has 1 atom stereocenters. The largest absolute Gasteiger partial charge is 0.337 e. The van der Waals surface area contributed by atoms with Crippen LogP contribution in [0.25, 0.3) is 0 Å². The van der Waals surface area contributed by atoms with E-state index in [1.807, 2.05) is 6.20 Å². The van der Waals surface area contributed by atoms with E-state index in [1.165, 1.54) is 38.2 Å². The van der Waals surface area contributed by atoms with Crippen molar-refractivity contribution in [3.8, 4) is 0 Å². The Morgan fingerprint density at radius 1 is 1.35 bits per heavy atom. The monoisotopic (exact) mass is 253 g/mol. The molecule has 1 aromatic rings. The van der Waals surface area contributed by atoms with Crippen molar-refractivity contribution in [3.63, 3.8) is 0 Å². The quantitative estimate of drug-likeness (QED) is 0.816. The van der Waals surface area contributed by atoms with Crippen LogP contribution < -0.4 is 0 Å². The van der Waals surface area contributed by atoms with Gasteiger partial charge < -0.3 is 14.5 Å². The normalized spacial score (nSPS) is 18.7. The van der Waals surface area contributed by atoms with Crippen molar-refractivity contribution in [1.29, 1.82) is 0 Å². The van der Waals surface area contributed by atoms with E-state index in [2.05, 4.69) is 28.3 Å². The summed E-state index contributed by atoms with van der Waals surface area (Å²) in [7, 11) is 0. The number of aromatic nitrogens is 2. The van der Waals surface area contributed by atoms with Crippen LogP contribution in [0.15, 0.2) is 6.20 Å². The summed E-state index contributed by atoms with van der Waals surface area (Å²) in [5.41, 5.74) is 1.32. The minimum absolute atomic E-state index is 0.667. The smallest absolute Gasteiger partial charge is 0.177 e. The predicted octanol–water partition coefficient (Wildman–Crippen LogP) is 2.84. The van der Waals surface area contributed by atoms with Gasteiger partial charge in [0.1, 0.15) is 0 Å². The van der Waals surface area contributed by atoms with Gasteiger partial charge in [0.15, 0.2) is 4.77 Å². The van der Waals surface area contributed by atoms with Crippen LogP contribution in [0.1, 0.15) is 32.4 Å². The Balaban J connectivity index is 1.94. The maximum absolute atomic E-state index is 5.33. The molecular weight excluding hydrogens is 230 g/mol. The molecule has 1 aliphatic heterocycles. The number of aromatic amines is 1. The number of hydrogen-bond donors (Lipinski definition) is 1. The molecule has 0 saturated carbocycles. The summed E-state index contributed by atoms with van der Waals surface area (Å²) in [5, 5.41) is 0. The van der Waals surface area contributed by atoms with E-state index in [0.29, 0.717) is 5.92 Å². The van der Waals surface area contributed by atoms with Crippen LogP contribution in [-0.2, 0) is 13.0 Å². The lowest BCUT2D eigenvalue weighted by Gasteiger charge is -2.21. The molecule has 1 unspecified atom stereocenters. The lowest BCUT2D eigenvalue weighted by Crippen LogP contribution is -2.27. The molecule has 1 aromatic heterocycles. The van der Waals surface area contributed by atoms with Crippen molar-refractivity contribution >= 4 is 12.2 Å². The predicted molar refractivity (Wildman–Crippen MR) is 73.8 cm³/mol. The Kier molecular flexibility index (Phi) is 4.40. The highest BCUT2D eigenvalue weighted by atomic mass is 32.1. The van der Waals surface area contributed by atoms with Gasteiger partial charge >= 0.3 is 0 Å². The highest BCUT2D eigenvalue weighted by Crippen LogP contribution is 2.13. The van der Waals surface area contributed by atoms with Gasteiger partial charge in [0.25, 0.3) is 0 Å². The van der Waals surface area contributed by atoms with E-state index in [0.717, 1.165) is 17.7 Å². The highest BCUT2D eigenvalue weighted by molar-refractivity contribution is 7.71. The SMILES string of the molecule is CCc1c[nH]c(=S)n1CC(C)CN1CCCC1. The van der Waals surface area contributed by atoms with Crippen LogP contribution in [-0.4, -0.2) is 34.1 Å². The van der Waals surface area contributed by atoms with Crippen LogP contribution in [0.3, 0.4) is 0 Å². The van der Waals surface area contributed by atoms with Gasteiger partial charge in [0, 0.05) is 25.0 Å². The van der Waals surface area contributed by atoms with E-state index in [-0.39, 0.29) is 0 Å². The topological polar surface area (TPSA) is 24.0 Å². The number of likely N-dealkylation sites (tertiary alicyclic amines) is 1. The van der Waals surface area contributed by atoms with Crippen molar-refractivity contribution in [2.75, 3.05) is 19.6 Å². The molecule has 0 radical (unpaired) electrons. The van der Waals surface area contributed by atoms with Gasteiger partial charge in [-0.3, -0.25) is 0 Å². The lowest BCUT2D eigenvalue weighted by atomic mass is 10.1. The summed E-state index contributed by atoms with van der Waals surface area (Å²) in [6, 6.07) is 0. The number of aryl methyl sites for hydroxylation is 1. The van der Waals surface area contributed by atoms with Crippen molar-refractivity contribution in [1.82, 2.24) is 14.5 Å². The third kappa shape index (κ3) is 3.19. The van der Waals surface area contributed by atoms with Crippen molar-refractivity contribution in [2.24, 2.45) is 5.92 Å². The molecular formula is C13H23N3S. The number of nitrogens with zero attached hydrogens (tertiary/aromatic N) is 2. The number of H-pyrrole nitrogens is 1. The number of rotatable bonds is 5. The molecule has 0 amide bonds. The average Bonchev–Trinajstić information content (AvgIpc) is 2.90. The summed E-state index contributed by atoms with van der Waals surface area (Å²) in [5.74, 6) is 0.667. The Bertz CT molecular complexity index is 401. The zero-order valence-corrected chi connectivity index (χ0v) is 11.7. The Morgan fingerprint density at radius 2 is 2.06 bits per heavy atom. The molecule has 2 rings (SSSR count). The summed E-state index contributed by atoms with van der Waals surface area (Å²) >= 11 is 5.33. The van der Waals surface area contributed by atoms with E-state index in [4.69, 9.17) is 12.2 Å². The summed E-state index contributed by atoms with van der Waals surface area (Å²) in [4.78, 5) is 5.73. The minimum atomic E-state index is 0.667. The first kappa shape index (κ1) is 12.8. The average molecular weight is 253 g/mol. The second-order valence-electron chi connectivity index (χ2n) is 5.16. The van der Waals surface area contributed by atoms with Crippen molar-refractivity contribution < 1.29 is 0 Å². The lowest BCUT2D eigenvalue weighted by molar-refractivity contribution is 0.270. The number of hydrogen-bond acceptors (Lipinski definition) is 2. The van der Waals surface area contributed by atoms with Crippen LogP contribution in [0.5, 0.6) is 0 Å². The summed E-state index contributed by atoms with van der Waals surface area (Å²) < 4.78 is 3.13. The molecule has 0 aliphatic carbocycles. The molecule has 1 N–H and O–H groups in total. The van der Waals surface area contributed by atoms with Crippen molar-refractivity contribution in [3.05, 3.63) is 16.7 Å². The van der Waals surface area contributed by atoms with Gasteiger partial charge in [0.05, 0.1) is 0 Å². The van der Waals surface area contributed by atoms with E-state index in [1.54, 1.807) is 0 Å². The first-order valence-electron chi connectivity index (χ1n) is 6.70. The maximum atomic E-state index is 5.33. The molecule has 1 fully saturated rings. The fourth-order valence-corrected chi connectivity index (χ4v) is 2.95. The van der Waals surface area contributed by atoms with E-state index >= 15 is 0 Å². The Hall–Kier alpha value is -0.610. The Morgan fingerprint density at radius 3 is 2.71 bits per heavy atom. The molecule has 4 heteroatoms. The minimum Gasteiger partial charge on any atom is -0.337 e. The Labute approximate surface area is 109 Å². The van der Waals surface area contributed by atoms with Gasteiger partial charge in [-0.2, -0.15) is 0 Å². The van der Waals surface area contributed by atoms with Crippen LogP contribution in [0.4, 0.5) is 0 Å². The highest BCUT2D eigenvalue weighted by Gasteiger charge is 2.15. The summed E-state index contributed by atoms with van der Waals surface area (Å²) in [6.45, 7) is 9.32. The second-order valence-corrected chi connectivity index (χ2v) is 5.55. The third-order valence-corrected chi connectivity index (χ3v) is 3.92. The molecule has 0 aromatic carbocycles. The van der Waals surface area contributed by atoms with E-state index < -0.39 is 0 Å². The molecule has 17 heavy (non-hydrogen) atoms. The van der Waals surface area contributed by atoms with E-state index in [9.17, 15) is 0 Å². The molecule has 0 bridgehead atoms. The zero-order valence-electron chi connectivity index (χ0n) is 10.9. The number of nitrogens with one attached hydrogen (secondary N) is 1. The maximum Gasteiger partial charge on any atom is 0.177 e. The molecule has 1 aliphatic rings. The van der Waals surface area contributed by atoms with Crippen LogP contribution in [0.2, 0.25) is 0 Å². The first-order valence-corrected chi connectivity index (χ1v) is 7.11. The van der Waals surface area contributed by atoms with Gasteiger partial charge in [-0.1, -0.05) is 13.8 Å². The standard InChI is InChI=1S/C13H23N3S/c1-3-12-8-14-13(17)16(12)10-11(2)9-15-6-4-5-7-15/h8,11H,3-7,9-10H2,1-2H3,(H,14,17). The first-order chi connectivity index (χ1) is 8.20. The zero-order chi connectivity index (χ0) is 12.3. The van der Waals surface area contributed by atoms with Crippen LogP contribution in [0, 0.1) is 10.7 Å². The van der Waals surface area contributed by atoms with Gasteiger partial charge in [0.2, 0.25) is 0 Å². The third-order valence-electron chi connectivity index (χ3n) is 3.58. The molecule has 1 saturated heterocycles. The molecule has 3 nitrogen and oxygen atoms in total.